The van der Waals surface area contributed by atoms with E-state index in [4.69, 9.17) is 0 Å². The predicted octanol–water partition coefficient (Wildman–Crippen LogP) is 4.68. The predicted molar refractivity (Wildman–Crippen MR) is 108 cm³/mol. The fourth-order valence-corrected chi connectivity index (χ4v) is 3.45. The first kappa shape index (κ1) is 21.3. The van der Waals surface area contributed by atoms with Gasteiger partial charge in [0.15, 0.2) is 0 Å². The molecule has 28 heavy (non-hydrogen) atoms. The van der Waals surface area contributed by atoms with E-state index in [1.807, 2.05) is 36.4 Å². The first-order valence-electron chi connectivity index (χ1n) is 9.35. The van der Waals surface area contributed by atoms with Crippen LogP contribution in [-0.2, 0) is 6.42 Å². The van der Waals surface area contributed by atoms with Crippen molar-refractivity contribution in [3.8, 4) is 0 Å². The van der Waals surface area contributed by atoms with Gasteiger partial charge in [-0.1, -0.05) is 74.5 Å². The second-order valence-electron chi connectivity index (χ2n) is 7.75. The minimum atomic E-state index is -1.19. The first-order valence-corrected chi connectivity index (χ1v) is 9.35. The molecule has 0 bridgehead atoms. The SMILES string of the molecule is CC(C)(CCc1ccccc1)C[C@@H](NC(=O)O)C(NC(=O)O)c1ccccc1. The van der Waals surface area contributed by atoms with Crippen LogP contribution in [0.5, 0.6) is 0 Å². The van der Waals surface area contributed by atoms with E-state index in [0.717, 1.165) is 18.4 Å². The van der Waals surface area contributed by atoms with Crippen LogP contribution >= 0.6 is 0 Å². The molecule has 6 nitrogen and oxygen atoms in total. The molecule has 2 atom stereocenters. The lowest BCUT2D eigenvalue weighted by Gasteiger charge is -2.34. The van der Waals surface area contributed by atoms with Gasteiger partial charge in [-0.25, -0.2) is 9.59 Å². The van der Waals surface area contributed by atoms with E-state index >= 15 is 0 Å². The van der Waals surface area contributed by atoms with Gasteiger partial charge >= 0.3 is 12.2 Å². The van der Waals surface area contributed by atoms with Gasteiger partial charge in [-0.15, -0.1) is 0 Å². The number of carboxylic acid groups (broad SMARTS) is 2. The van der Waals surface area contributed by atoms with Crippen molar-refractivity contribution in [3.63, 3.8) is 0 Å². The van der Waals surface area contributed by atoms with Crippen LogP contribution in [-0.4, -0.2) is 28.4 Å². The fourth-order valence-electron chi connectivity index (χ4n) is 3.45. The van der Waals surface area contributed by atoms with E-state index < -0.39 is 24.3 Å². The molecule has 0 aliphatic carbocycles. The summed E-state index contributed by atoms with van der Waals surface area (Å²) in [5, 5.41) is 23.6. The van der Waals surface area contributed by atoms with Gasteiger partial charge in [-0.2, -0.15) is 0 Å². The van der Waals surface area contributed by atoms with Crippen molar-refractivity contribution in [2.75, 3.05) is 0 Å². The van der Waals surface area contributed by atoms with Gasteiger partial charge in [0.2, 0.25) is 0 Å². The molecule has 2 amide bonds. The summed E-state index contributed by atoms with van der Waals surface area (Å²) >= 11 is 0. The highest BCUT2D eigenvalue weighted by Gasteiger charge is 2.32. The molecule has 1 unspecified atom stereocenters. The Hall–Kier alpha value is -3.02. The van der Waals surface area contributed by atoms with Gasteiger partial charge in [0.25, 0.3) is 0 Å². The molecule has 0 radical (unpaired) electrons. The van der Waals surface area contributed by atoms with Gasteiger partial charge in [-0.05, 0) is 35.8 Å². The van der Waals surface area contributed by atoms with Crippen molar-refractivity contribution in [2.45, 2.75) is 45.2 Å². The molecule has 0 heterocycles. The third kappa shape index (κ3) is 6.95. The molecule has 2 aromatic carbocycles. The molecule has 2 rings (SSSR count). The van der Waals surface area contributed by atoms with Crippen molar-refractivity contribution in [1.82, 2.24) is 10.6 Å². The lowest BCUT2D eigenvalue weighted by molar-refractivity contribution is 0.162. The van der Waals surface area contributed by atoms with E-state index in [0.29, 0.717) is 6.42 Å². The summed E-state index contributed by atoms with van der Waals surface area (Å²) in [6, 6.07) is 17.9. The quantitative estimate of drug-likeness (QED) is 0.504. The molecule has 0 saturated heterocycles. The molecule has 2 aromatic rings. The monoisotopic (exact) mass is 384 g/mol. The molecule has 0 aliphatic heterocycles. The molecule has 6 heteroatoms. The van der Waals surface area contributed by atoms with Crippen LogP contribution in [0.2, 0.25) is 0 Å². The largest absolute Gasteiger partial charge is 0.465 e. The maximum Gasteiger partial charge on any atom is 0.405 e. The van der Waals surface area contributed by atoms with E-state index in [9.17, 15) is 19.8 Å². The Morgan fingerprint density at radius 2 is 1.43 bits per heavy atom. The van der Waals surface area contributed by atoms with Crippen LogP contribution in [0.25, 0.3) is 0 Å². The summed E-state index contributed by atoms with van der Waals surface area (Å²) in [5.74, 6) is 0. The van der Waals surface area contributed by atoms with Crippen LogP contribution < -0.4 is 10.6 Å². The summed E-state index contributed by atoms with van der Waals surface area (Å²) in [6.45, 7) is 4.16. The van der Waals surface area contributed by atoms with E-state index in [2.05, 4.69) is 36.6 Å². The highest BCUT2D eigenvalue weighted by atomic mass is 16.4. The zero-order chi connectivity index (χ0) is 20.6. The van der Waals surface area contributed by atoms with Gasteiger partial charge in [0, 0.05) is 0 Å². The molecule has 0 saturated carbocycles. The average Bonchev–Trinajstić information content (AvgIpc) is 2.65. The van der Waals surface area contributed by atoms with Crippen molar-refractivity contribution >= 4 is 12.2 Å². The molecule has 150 valence electrons. The molecule has 4 N–H and O–H groups in total. The summed E-state index contributed by atoms with van der Waals surface area (Å²) in [4.78, 5) is 22.8. The van der Waals surface area contributed by atoms with Crippen LogP contribution in [0.15, 0.2) is 60.7 Å². The van der Waals surface area contributed by atoms with Crippen molar-refractivity contribution in [2.24, 2.45) is 5.41 Å². The van der Waals surface area contributed by atoms with Gasteiger partial charge in [0.05, 0.1) is 12.1 Å². The lowest BCUT2D eigenvalue weighted by atomic mass is 9.78. The molecule has 0 aliphatic rings. The topological polar surface area (TPSA) is 98.7 Å². The molecule has 0 fully saturated rings. The Morgan fingerprint density at radius 3 is 1.96 bits per heavy atom. The number of hydrogen-bond donors (Lipinski definition) is 4. The number of nitrogens with one attached hydrogen (secondary N) is 2. The minimum Gasteiger partial charge on any atom is -0.465 e. The third-order valence-electron chi connectivity index (χ3n) is 4.85. The Morgan fingerprint density at radius 1 is 0.893 bits per heavy atom. The normalized spacial score (nSPS) is 13.4. The highest BCUT2D eigenvalue weighted by Crippen LogP contribution is 2.33. The van der Waals surface area contributed by atoms with Crippen LogP contribution in [0, 0.1) is 5.41 Å². The fraction of sp³-hybridized carbons (Fsp3) is 0.364. The van der Waals surface area contributed by atoms with Crippen molar-refractivity contribution < 1.29 is 19.8 Å². The summed E-state index contributed by atoms with van der Waals surface area (Å²) in [7, 11) is 0. The Balaban J connectivity index is 2.19. The maximum atomic E-state index is 11.4. The Labute approximate surface area is 165 Å². The highest BCUT2D eigenvalue weighted by molar-refractivity contribution is 5.67. The van der Waals surface area contributed by atoms with Crippen molar-refractivity contribution in [3.05, 3.63) is 71.8 Å². The Kier molecular flexibility index (Phi) is 7.44. The van der Waals surface area contributed by atoms with Crippen LogP contribution in [0.1, 0.15) is 43.9 Å². The zero-order valence-corrected chi connectivity index (χ0v) is 16.3. The van der Waals surface area contributed by atoms with Crippen LogP contribution in [0.3, 0.4) is 0 Å². The number of benzene rings is 2. The molecular formula is C22H28N2O4. The van der Waals surface area contributed by atoms with E-state index in [1.165, 1.54) is 5.56 Å². The maximum absolute atomic E-state index is 11.4. The Bertz CT molecular complexity index is 763. The second kappa shape index (κ2) is 9.78. The van der Waals surface area contributed by atoms with E-state index in [1.54, 1.807) is 12.1 Å². The molecule has 0 aromatic heterocycles. The summed E-state index contributed by atoms with van der Waals surface area (Å²) in [6.07, 6.45) is -0.143. The first-order chi connectivity index (χ1) is 13.3. The lowest BCUT2D eigenvalue weighted by Crippen LogP contribution is -2.47. The summed E-state index contributed by atoms with van der Waals surface area (Å²) in [5.41, 5.74) is 1.75. The summed E-state index contributed by atoms with van der Waals surface area (Å²) < 4.78 is 0. The smallest absolute Gasteiger partial charge is 0.405 e. The van der Waals surface area contributed by atoms with Crippen molar-refractivity contribution in [1.29, 1.82) is 0 Å². The van der Waals surface area contributed by atoms with Crippen LogP contribution in [0.4, 0.5) is 9.59 Å². The molecular weight excluding hydrogens is 356 g/mol. The molecule has 0 spiro atoms. The second-order valence-corrected chi connectivity index (χ2v) is 7.75. The standard InChI is InChI=1S/C22H28N2O4/c1-22(2,14-13-16-9-5-3-6-10-16)15-18(23-20(25)26)19(24-21(27)28)17-11-7-4-8-12-17/h3-12,18-19,23-24H,13-15H2,1-2H3,(H,25,26)(H,27,28)/t18-,19?/m1/s1. The average molecular weight is 384 g/mol. The number of amides is 2. The third-order valence-corrected chi connectivity index (χ3v) is 4.85. The number of rotatable bonds is 9. The number of hydrogen-bond acceptors (Lipinski definition) is 2. The number of carbonyl (C=O) groups is 2. The van der Waals surface area contributed by atoms with E-state index in [-0.39, 0.29) is 5.41 Å². The van der Waals surface area contributed by atoms with Gasteiger partial charge in [-0.3, -0.25) is 0 Å². The minimum absolute atomic E-state index is 0.198. The zero-order valence-electron chi connectivity index (χ0n) is 16.3. The number of aryl methyl sites for hydroxylation is 1. The van der Waals surface area contributed by atoms with Gasteiger partial charge in [0.1, 0.15) is 0 Å². The van der Waals surface area contributed by atoms with Gasteiger partial charge < -0.3 is 20.8 Å².